The van der Waals surface area contributed by atoms with Gasteiger partial charge in [0.2, 0.25) is 0 Å². The third kappa shape index (κ3) is 2.70. The number of allylic oxidation sites excluding steroid dienone is 1. The van der Waals surface area contributed by atoms with Gasteiger partial charge in [0, 0.05) is 12.2 Å². The number of nitrogens with two attached hydrogens (primary N) is 1. The molecule has 12 heavy (non-hydrogen) atoms. The van der Waals surface area contributed by atoms with E-state index in [2.05, 4.69) is 18.8 Å². The number of rotatable bonds is 2. The van der Waals surface area contributed by atoms with Crippen LogP contribution in [0.25, 0.3) is 0 Å². The van der Waals surface area contributed by atoms with Gasteiger partial charge in [-0.25, -0.2) is 0 Å². The first kappa shape index (κ1) is 9.33. The molecule has 0 aromatic rings. The van der Waals surface area contributed by atoms with Crippen molar-refractivity contribution in [2.75, 3.05) is 13.1 Å². The van der Waals surface area contributed by atoms with Crippen molar-refractivity contribution in [3.8, 4) is 0 Å². The lowest BCUT2D eigenvalue weighted by atomic mass is 9.92. The van der Waals surface area contributed by atoms with Crippen LogP contribution in [0.3, 0.4) is 0 Å². The van der Waals surface area contributed by atoms with Crippen LogP contribution in [0.1, 0.15) is 19.8 Å². The molecule has 2 nitrogen and oxygen atoms in total. The van der Waals surface area contributed by atoms with E-state index < -0.39 is 0 Å². The second kappa shape index (κ2) is 4.31. The Labute approximate surface area is 74.5 Å². The van der Waals surface area contributed by atoms with E-state index in [0.29, 0.717) is 11.6 Å². The lowest BCUT2D eigenvalue weighted by molar-refractivity contribution is 0.422. The molecule has 2 heteroatoms. The zero-order valence-corrected chi connectivity index (χ0v) is 7.77. The Morgan fingerprint density at radius 1 is 1.67 bits per heavy atom. The van der Waals surface area contributed by atoms with Crippen LogP contribution >= 0.6 is 0 Å². The van der Waals surface area contributed by atoms with Gasteiger partial charge in [-0.3, -0.25) is 0 Å². The summed E-state index contributed by atoms with van der Waals surface area (Å²) in [5, 5.41) is 3.38. The van der Waals surface area contributed by atoms with Gasteiger partial charge in [0.1, 0.15) is 0 Å². The van der Waals surface area contributed by atoms with E-state index in [9.17, 15) is 0 Å². The molecule has 0 aromatic heterocycles. The molecule has 3 N–H and O–H groups in total. The minimum atomic E-state index is 0.665. The largest absolute Gasteiger partial charge is 0.399 e. The van der Waals surface area contributed by atoms with Crippen molar-refractivity contribution in [2.24, 2.45) is 11.7 Å². The average Bonchev–Trinajstić information content (AvgIpc) is 2.05. The van der Waals surface area contributed by atoms with E-state index in [0.717, 1.165) is 13.1 Å². The van der Waals surface area contributed by atoms with Gasteiger partial charge in [0.05, 0.1) is 0 Å². The van der Waals surface area contributed by atoms with E-state index >= 15 is 0 Å². The molecule has 1 saturated heterocycles. The Bertz CT molecular complexity index is 188. The van der Waals surface area contributed by atoms with Gasteiger partial charge in [0.15, 0.2) is 0 Å². The van der Waals surface area contributed by atoms with Crippen LogP contribution in [0.15, 0.2) is 23.9 Å². The maximum absolute atomic E-state index is 5.51. The molecule has 1 rings (SSSR count). The molecule has 0 radical (unpaired) electrons. The van der Waals surface area contributed by atoms with Gasteiger partial charge in [-0.2, -0.15) is 0 Å². The highest BCUT2D eigenvalue weighted by atomic mass is 14.9. The van der Waals surface area contributed by atoms with Gasteiger partial charge in [0.25, 0.3) is 0 Å². The fourth-order valence-corrected chi connectivity index (χ4v) is 1.65. The van der Waals surface area contributed by atoms with Crippen molar-refractivity contribution in [1.82, 2.24) is 5.32 Å². The minimum Gasteiger partial charge on any atom is -0.399 e. The van der Waals surface area contributed by atoms with E-state index in [1.165, 1.54) is 18.4 Å². The number of nitrogens with one attached hydrogen (secondary N) is 1. The molecule has 0 bridgehead atoms. The predicted octanol–water partition coefficient (Wildman–Crippen LogP) is 1.40. The number of piperidine rings is 1. The molecular formula is C10H18N2. The second-order valence-electron chi connectivity index (χ2n) is 3.51. The Balaban J connectivity index is 2.49. The fourth-order valence-electron chi connectivity index (χ4n) is 1.65. The molecule has 68 valence electrons. The fraction of sp³-hybridized carbons (Fsp3) is 0.600. The summed E-state index contributed by atoms with van der Waals surface area (Å²) in [6.07, 6.45) is 4.53. The van der Waals surface area contributed by atoms with Crippen molar-refractivity contribution in [3.05, 3.63) is 23.9 Å². The molecule has 0 spiro atoms. The molecular weight excluding hydrogens is 148 g/mol. The van der Waals surface area contributed by atoms with E-state index in [4.69, 9.17) is 5.73 Å². The van der Waals surface area contributed by atoms with Crippen molar-refractivity contribution >= 4 is 0 Å². The lowest BCUT2D eigenvalue weighted by Gasteiger charge is -2.23. The highest BCUT2D eigenvalue weighted by molar-refractivity contribution is 5.18. The average molecular weight is 166 g/mol. The zero-order chi connectivity index (χ0) is 8.97. The summed E-state index contributed by atoms with van der Waals surface area (Å²) in [6.45, 7) is 8.06. The summed E-state index contributed by atoms with van der Waals surface area (Å²) in [5.74, 6) is 0.666. The SMILES string of the molecule is C=C(N)/C=C(\C)C1CCCNC1. The van der Waals surface area contributed by atoms with Gasteiger partial charge in [-0.15, -0.1) is 0 Å². The highest BCUT2D eigenvalue weighted by Gasteiger charge is 2.13. The lowest BCUT2D eigenvalue weighted by Crippen LogP contribution is -2.30. The van der Waals surface area contributed by atoms with Gasteiger partial charge in [-0.1, -0.05) is 12.2 Å². The monoisotopic (exact) mass is 166 g/mol. The third-order valence-corrected chi connectivity index (χ3v) is 2.35. The van der Waals surface area contributed by atoms with Gasteiger partial charge in [-0.05, 0) is 38.3 Å². The third-order valence-electron chi connectivity index (χ3n) is 2.35. The topological polar surface area (TPSA) is 38.0 Å². The molecule has 0 saturated carbocycles. The van der Waals surface area contributed by atoms with Gasteiger partial charge >= 0.3 is 0 Å². The normalized spacial score (nSPS) is 25.4. The van der Waals surface area contributed by atoms with Crippen LogP contribution in [-0.2, 0) is 0 Å². The summed E-state index contributed by atoms with van der Waals surface area (Å²) in [7, 11) is 0. The van der Waals surface area contributed by atoms with E-state index in [-0.39, 0.29) is 0 Å². The predicted molar refractivity (Wildman–Crippen MR) is 52.7 cm³/mol. The molecule has 1 aliphatic rings. The van der Waals surface area contributed by atoms with Crippen molar-refractivity contribution in [2.45, 2.75) is 19.8 Å². The molecule has 1 unspecified atom stereocenters. The summed E-state index contributed by atoms with van der Waals surface area (Å²) in [6, 6.07) is 0. The van der Waals surface area contributed by atoms with Crippen molar-refractivity contribution in [3.63, 3.8) is 0 Å². The molecule has 0 aromatic carbocycles. The Hall–Kier alpha value is -0.760. The maximum Gasteiger partial charge on any atom is 0.0240 e. The quantitative estimate of drug-likeness (QED) is 0.609. The number of hydrogen-bond acceptors (Lipinski definition) is 2. The number of hydrogen-bond donors (Lipinski definition) is 2. The van der Waals surface area contributed by atoms with Crippen LogP contribution in [0.5, 0.6) is 0 Å². The molecule has 0 aliphatic carbocycles. The Morgan fingerprint density at radius 3 is 2.92 bits per heavy atom. The van der Waals surface area contributed by atoms with Crippen LogP contribution < -0.4 is 11.1 Å². The molecule has 1 fully saturated rings. The summed E-state index contributed by atoms with van der Waals surface area (Å²) >= 11 is 0. The first-order chi connectivity index (χ1) is 5.70. The van der Waals surface area contributed by atoms with Crippen LogP contribution in [0, 0.1) is 5.92 Å². The smallest absolute Gasteiger partial charge is 0.0240 e. The summed E-state index contributed by atoms with van der Waals surface area (Å²) < 4.78 is 0. The summed E-state index contributed by atoms with van der Waals surface area (Å²) in [4.78, 5) is 0. The zero-order valence-electron chi connectivity index (χ0n) is 7.77. The van der Waals surface area contributed by atoms with Crippen LogP contribution in [0.4, 0.5) is 0 Å². The van der Waals surface area contributed by atoms with E-state index in [1.54, 1.807) is 0 Å². The molecule has 0 amide bonds. The Morgan fingerprint density at radius 2 is 2.42 bits per heavy atom. The summed E-state index contributed by atoms with van der Waals surface area (Å²) in [5.41, 5.74) is 7.53. The van der Waals surface area contributed by atoms with Crippen LogP contribution in [-0.4, -0.2) is 13.1 Å². The first-order valence-electron chi connectivity index (χ1n) is 4.53. The maximum atomic E-state index is 5.51. The van der Waals surface area contributed by atoms with Crippen molar-refractivity contribution < 1.29 is 0 Å². The van der Waals surface area contributed by atoms with Crippen LogP contribution in [0.2, 0.25) is 0 Å². The molecule has 1 heterocycles. The van der Waals surface area contributed by atoms with E-state index in [1.807, 2.05) is 6.08 Å². The standard InChI is InChI=1S/C10H18N2/c1-8(6-9(2)11)10-4-3-5-12-7-10/h6,10,12H,2-5,7,11H2,1H3/b8-6+. The first-order valence-corrected chi connectivity index (χ1v) is 4.53. The minimum absolute atomic E-state index is 0.665. The highest BCUT2D eigenvalue weighted by Crippen LogP contribution is 2.19. The molecule has 1 atom stereocenters. The molecule has 1 aliphatic heterocycles. The second-order valence-corrected chi connectivity index (χ2v) is 3.51. The van der Waals surface area contributed by atoms with Gasteiger partial charge < -0.3 is 11.1 Å². The Kier molecular flexibility index (Phi) is 3.35. The van der Waals surface area contributed by atoms with Crippen molar-refractivity contribution in [1.29, 1.82) is 0 Å².